The molecule has 90 valence electrons. The van der Waals surface area contributed by atoms with Crippen molar-refractivity contribution < 1.29 is 13.5 Å². The maximum Gasteiger partial charge on any atom is 0.201 e. The third-order valence-corrected chi connectivity index (χ3v) is 3.72. The normalized spacial score (nSPS) is 11.8. The highest BCUT2D eigenvalue weighted by molar-refractivity contribution is 7.36. The standard InChI is InChI=1S/C11H16F2OP2/c1-5-6(12)7(13)8(10(16)9(5)15)14-11(2,3)4/h15-16H2,1-4H3. The molecule has 0 radical (unpaired) electrons. The van der Waals surface area contributed by atoms with Crippen molar-refractivity contribution >= 4 is 29.1 Å². The molecule has 16 heavy (non-hydrogen) atoms. The van der Waals surface area contributed by atoms with Crippen LogP contribution in [0, 0.1) is 18.6 Å². The predicted molar refractivity (Wildman–Crippen MR) is 70.2 cm³/mol. The van der Waals surface area contributed by atoms with Crippen molar-refractivity contribution in [2.24, 2.45) is 0 Å². The van der Waals surface area contributed by atoms with Crippen LogP contribution in [0.5, 0.6) is 5.75 Å². The lowest BCUT2D eigenvalue weighted by Crippen LogP contribution is -2.30. The largest absolute Gasteiger partial charge is 0.484 e. The van der Waals surface area contributed by atoms with Gasteiger partial charge in [0.2, 0.25) is 5.82 Å². The molecule has 0 amide bonds. The van der Waals surface area contributed by atoms with Crippen molar-refractivity contribution in [2.75, 3.05) is 0 Å². The molecule has 0 aliphatic heterocycles. The molecule has 1 aromatic carbocycles. The molecule has 0 saturated heterocycles. The van der Waals surface area contributed by atoms with Gasteiger partial charge in [-0.05, 0) is 38.6 Å². The molecule has 0 N–H and O–H groups in total. The molecular weight excluding hydrogens is 248 g/mol. The second-order valence-electron chi connectivity index (χ2n) is 4.62. The summed E-state index contributed by atoms with van der Waals surface area (Å²) in [5.74, 6) is -1.82. The summed E-state index contributed by atoms with van der Waals surface area (Å²) in [6.45, 7) is 6.90. The molecule has 1 aromatic rings. The lowest BCUT2D eigenvalue weighted by molar-refractivity contribution is 0.125. The van der Waals surface area contributed by atoms with Gasteiger partial charge in [0, 0.05) is 5.30 Å². The lowest BCUT2D eigenvalue weighted by Gasteiger charge is -2.24. The fraction of sp³-hybridized carbons (Fsp3) is 0.455. The monoisotopic (exact) mass is 264 g/mol. The minimum atomic E-state index is -0.927. The van der Waals surface area contributed by atoms with E-state index < -0.39 is 17.2 Å². The molecule has 0 heterocycles. The Bertz CT molecular complexity index is 396. The zero-order chi connectivity index (χ0) is 12.7. The van der Waals surface area contributed by atoms with Gasteiger partial charge in [0.15, 0.2) is 11.6 Å². The molecule has 1 rings (SSSR count). The fourth-order valence-electron chi connectivity index (χ4n) is 1.23. The average Bonchev–Trinajstić information content (AvgIpc) is 2.17. The van der Waals surface area contributed by atoms with E-state index in [4.69, 9.17) is 4.74 Å². The van der Waals surface area contributed by atoms with Crippen molar-refractivity contribution in [3.8, 4) is 5.75 Å². The highest BCUT2D eigenvalue weighted by atomic mass is 31.0. The minimum absolute atomic E-state index is 0.0365. The first kappa shape index (κ1) is 13.8. The van der Waals surface area contributed by atoms with Gasteiger partial charge in [0.1, 0.15) is 5.60 Å². The summed E-state index contributed by atoms with van der Waals surface area (Å²) in [5, 5.41) is 1.15. The summed E-state index contributed by atoms with van der Waals surface area (Å²) in [7, 11) is 4.78. The highest BCUT2D eigenvalue weighted by Crippen LogP contribution is 2.25. The SMILES string of the molecule is Cc1c(F)c(F)c(OC(C)(C)C)c(P)c1P. The Hall–Kier alpha value is -0.260. The Morgan fingerprint density at radius 1 is 1.00 bits per heavy atom. The first-order valence-electron chi connectivity index (χ1n) is 4.86. The van der Waals surface area contributed by atoms with Crippen molar-refractivity contribution in [2.45, 2.75) is 33.3 Å². The fourth-order valence-corrected chi connectivity index (χ4v) is 1.89. The number of ether oxygens (including phenoxy) is 1. The van der Waals surface area contributed by atoms with Gasteiger partial charge in [-0.25, -0.2) is 4.39 Å². The number of hydrogen-bond donors (Lipinski definition) is 0. The molecule has 0 aliphatic carbocycles. The summed E-state index contributed by atoms with van der Waals surface area (Å²) in [5.41, 5.74) is -0.279. The van der Waals surface area contributed by atoms with Crippen molar-refractivity contribution in [1.29, 1.82) is 0 Å². The van der Waals surface area contributed by atoms with Crippen LogP contribution in [0.2, 0.25) is 0 Å². The van der Waals surface area contributed by atoms with E-state index >= 15 is 0 Å². The lowest BCUT2D eigenvalue weighted by atomic mass is 10.1. The van der Waals surface area contributed by atoms with Gasteiger partial charge in [0.05, 0.1) is 0 Å². The van der Waals surface area contributed by atoms with Gasteiger partial charge < -0.3 is 4.74 Å². The van der Waals surface area contributed by atoms with Crippen LogP contribution < -0.4 is 15.3 Å². The third kappa shape index (κ3) is 2.70. The Labute approximate surface area is 99.4 Å². The molecule has 0 spiro atoms. The Morgan fingerprint density at radius 2 is 1.50 bits per heavy atom. The summed E-state index contributed by atoms with van der Waals surface area (Å²) in [4.78, 5) is 0. The van der Waals surface area contributed by atoms with Crippen LogP contribution in [0.3, 0.4) is 0 Å². The van der Waals surface area contributed by atoms with E-state index in [-0.39, 0.29) is 11.3 Å². The van der Waals surface area contributed by atoms with Gasteiger partial charge in [-0.1, -0.05) is 0 Å². The van der Waals surface area contributed by atoms with Crippen LogP contribution in [0.4, 0.5) is 8.78 Å². The van der Waals surface area contributed by atoms with Crippen LogP contribution in [0.1, 0.15) is 26.3 Å². The number of hydrogen-bond acceptors (Lipinski definition) is 1. The van der Waals surface area contributed by atoms with E-state index in [1.807, 2.05) is 0 Å². The molecule has 0 aromatic heterocycles. The maximum absolute atomic E-state index is 13.7. The Balaban J connectivity index is 3.40. The Morgan fingerprint density at radius 3 is 1.94 bits per heavy atom. The van der Waals surface area contributed by atoms with Crippen molar-refractivity contribution in [1.82, 2.24) is 0 Å². The molecular formula is C11H16F2OP2. The van der Waals surface area contributed by atoms with Crippen molar-refractivity contribution in [3.63, 3.8) is 0 Å². The molecule has 0 aliphatic rings. The first-order chi connectivity index (χ1) is 7.15. The molecule has 0 fully saturated rings. The predicted octanol–water partition coefficient (Wildman–Crippen LogP) is 2.45. The van der Waals surface area contributed by atoms with E-state index in [0.29, 0.717) is 10.6 Å². The summed E-state index contributed by atoms with van der Waals surface area (Å²) >= 11 is 0. The topological polar surface area (TPSA) is 9.23 Å². The second kappa shape index (κ2) is 4.55. The van der Waals surface area contributed by atoms with E-state index in [1.54, 1.807) is 20.8 Å². The molecule has 1 nitrogen and oxygen atoms in total. The average molecular weight is 264 g/mol. The van der Waals surface area contributed by atoms with Gasteiger partial charge in [0.25, 0.3) is 0 Å². The minimum Gasteiger partial charge on any atom is -0.484 e. The first-order valence-corrected chi connectivity index (χ1v) is 6.02. The van der Waals surface area contributed by atoms with E-state index in [1.165, 1.54) is 6.92 Å². The Kier molecular flexibility index (Phi) is 3.92. The maximum atomic E-state index is 13.7. The number of benzene rings is 1. The van der Waals surface area contributed by atoms with Gasteiger partial charge in [-0.15, -0.1) is 18.5 Å². The summed E-state index contributed by atoms with van der Waals surface area (Å²) < 4.78 is 32.7. The summed E-state index contributed by atoms with van der Waals surface area (Å²) in [6, 6.07) is 0. The molecule has 2 unspecified atom stereocenters. The third-order valence-electron chi connectivity index (χ3n) is 2.07. The van der Waals surface area contributed by atoms with E-state index in [0.717, 1.165) is 0 Å². The number of rotatable bonds is 1. The van der Waals surface area contributed by atoms with E-state index in [2.05, 4.69) is 18.5 Å². The number of halogens is 2. The van der Waals surface area contributed by atoms with E-state index in [9.17, 15) is 8.78 Å². The van der Waals surface area contributed by atoms with Crippen LogP contribution in [-0.4, -0.2) is 5.60 Å². The zero-order valence-electron chi connectivity index (χ0n) is 9.82. The molecule has 5 heteroatoms. The van der Waals surface area contributed by atoms with Crippen molar-refractivity contribution in [3.05, 3.63) is 17.2 Å². The highest BCUT2D eigenvalue weighted by Gasteiger charge is 2.23. The van der Waals surface area contributed by atoms with Crippen LogP contribution >= 0.6 is 18.5 Å². The molecule has 2 atom stereocenters. The summed E-state index contributed by atoms with van der Waals surface area (Å²) in [6.07, 6.45) is 0. The van der Waals surface area contributed by atoms with Crippen LogP contribution in [0.15, 0.2) is 0 Å². The van der Waals surface area contributed by atoms with Crippen LogP contribution in [-0.2, 0) is 0 Å². The van der Waals surface area contributed by atoms with Gasteiger partial charge >= 0.3 is 0 Å². The van der Waals surface area contributed by atoms with Gasteiger partial charge in [-0.2, -0.15) is 4.39 Å². The molecule has 0 saturated carbocycles. The second-order valence-corrected chi connectivity index (χ2v) is 5.78. The molecule has 0 bridgehead atoms. The quantitative estimate of drug-likeness (QED) is 0.708. The smallest absolute Gasteiger partial charge is 0.201 e. The van der Waals surface area contributed by atoms with Gasteiger partial charge in [-0.3, -0.25) is 0 Å². The zero-order valence-corrected chi connectivity index (χ0v) is 12.1. The van der Waals surface area contributed by atoms with Crippen LogP contribution in [0.25, 0.3) is 0 Å².